The molecule has 0 unspecified atom stereocenters. The Morgan fingerprint density at radius 3 is 2.48 bits per heavy atom. The van der Waals surface area contributed by atoms with E-state index in [1.54, 1.807) is 18.2 Å². The maximum Gasteiger partial charge on any atom is 0.224 e. The van der Waals surface area contributed by atoms with Gasteiger partial charge in [0.1, 0.15) is 5.82 Å². The fourth-order valence-corrected chi connectivity index (χ4v) is 2.96. The fraction of sp³-hybridized carbons (Fsp3) is 0.263. The summed E-state index contributed by atoms with van der Waals surface area (Å²) in [6.45, 7) is 5.97. The normalized spacial score (nSPS) is 10.3. The molecule has 3 aromatic rings. The second-order valence-corrected chi connectivity index (χ2v) is 6.03. The second-order valence-electron chi connectivity index (χ2n) is 5.21. The Hall–Kier alpha value is -2.04. The Balaban J connectivity index is 0.00000109. The smallest absolute Gasteiger partial charge is 0.224 e. The van der Waals surface area contributed by atoms with E-state index in [-0.39, 0.29) is 5.91 Å². The molecule has 1 heterocycles. The molecule has 0 spiro atoms. The Bertz CT molecular complexity index is 854. The first kappa shape index (κ1) is 19.3. The lowest BCUT2D eigenvalue weighted by Crippen LogP contribution is -2.10. The van der Waals surface area contributed by atoms with Crippen molar-refractivity contribution < 1.29 is 4.79 Å². The molecule has 0 fully saturated rings. The molecule has 2 N–H and O–H groups in total. The maximum absolute atomic E-state index is 11.7. The van der Waals surface area contributed by atoms with Crippen molar-refractivity contribution in [3.63, 3.8) is 0 Å². The number of rotatable bonds is 4. The number of aromatic nitrogens is 2. The molecule has 0 saturated heterocycles. The highest BCUT2D eigenvalue weighted by molar-refractivity contribution is 6.39. The third-order valence-electron chi connectivity index (χ3n) is 3.44. The average molecular weight is 378 g/mol. The molecule has 4 nitrogen and oxygen atoms in total. The topological polar surface area (TPSA) is 57.8 Å². The van der Waals surface area contributed by atoms with Gasteiger partial charge in [0.05, 0.1) is 26.6 Å². The van der Waals surface area contributed by atoms with Crippen LogP contribution in [0.3, 0.4) is 0 Å². The number of H-pyrrole nitrogens is 1. The van der Waals surface area contributed by atoms with Crippen LogP contribution < -0.4 is 5.32 Å². The third kappa shape index (κ3) is 4.53. The van der Waals surface area contributed by atoms with E-state index in [1.807, 2.05) is 39.0 Å². The molecule has 25 heavy (non-hydrogen) atoms. The number of imidazole rings is 1. The van der Waals surface area contributed by atoms with Gasteiger partial charge in [-0.1, -0.05) is 50.0 Å². The summed E-state index contributed by atoms with van der Waals surface area (Å²) in [5, 5.41) is 3.94. The first-order chi connectivity index (χ1) is 12.1. The van der Waals surface area contributed by atoms with E-state index in [0.717, 1.165) is 23.1 Å². The maximum atomic E-state index is 11.7. The van der Waals surface area contributed by atoms with Crippen LogP contribution in [0.4, 0.5) is 5.69 Å². The molecule has 132 valence electrons. The van der Waals surface area contributed by atoms with Crippen LogP contribution in [-0.2, 0) is 4.79 Å². The van der Waals surface area contributed by atoms with Gasteiger partial charge in [-0.2, -0.15) is 0 Å². The van der Waals surface area contributed by atoms with Gasteiger partial charge in [0.25, 0.3) is 0 Å². The Morgan fingerprint density at radius 2 is 1.84 bits per heavy atom. The second kappa shape index (κ2) is 8.88. The van der Waals surface area contributed by atoms with Gasteiger partial charge < -0.3 is 10.3 Å². The minimum Gasteiger partial charge on any atom is -0.338 e. The van der Waals surface area contributed by atoms with Crippen molar-refractivity contribution in [1.82, 2.24) is 9.97 Å². The van der Waals surface area contributed by atoms with Crippen molar-refractivity contribution in [3.8, 4) is 11.4 Å². The predicted octanol–water partition coefficient (Wildman–Crippen LogP) is 6.30. The molecule has 6 heteroatoms. The summed E-state index contributed by atoms with van der Waals surface area (Å²) in [5.74, 6) is 0.605. The molecule has 0 atom stereocenters. The van der Waals surface area contributed by atoms with E-state index >= 15 is 0 Å². The van der Waals surface area contributed by atoms with Crippen LogP contribution >= 0.6 is 23.2 Å². The number of nitrogens with zero attached hydrogens (tertiary/aromatic N) is 1. The van der Waals surface area contributed by atoms with Crippen LogP contribution in [-0.4, -0.2) is 15.9 Å². The summed E-state index contributed by atoms with van der Waals surface area (Å²) in [6, 6.07) is 10.9. The van der Waals surface area contributed by atoms with Gasteiger partial charge >= 0.3 is 0 Å². The van der Waals surface area contributed by atoms with Crippen LogP contribution in [0.2, 0.25) is 10.0 Å². The van der Waals surface area contributed by atoms with Crippen molar-refractivity contribution in [1.29, 1.82) is 0 Å². The molecule has 0 saturated carbocycles. The van der Waals surface area contributed by atoms with Crippen LogP contribution in [0.25, 0.3) is 22.4 Å². The number of hydrogen-bond acceptors (Lipinski definition) is 2. The standard InChI is InChI=1S/C17H15Cl2N3O.C2H6/c1-2-4-15(23)20-10-7-8-13-14(9-10)22-17(21-13)16-11(18)5-3-6-12(16)19;1-2/h3,5-9H,2,4H2,1H3,(H,20,23)(H,21,22);1-2H3. The summed E-state index contributed by atoms with van der Waals surface area (Å²) in [5.41, 5.74) is 3.00. The molecule has 2 aromatic carbocycles. The van der Waals surface area contributed by atoms with E-state index in [1.165, 1.54) is 0 Å². The molecule has 0 aliphatic rings. The highest BCUT2D eigenvalue weighted by Gasteiger charge is 2.13. The van der Waals surface area contributed by atoms with Crippen molar-refractivity contribution in [2.75, 3.05) is 5.32 Å². The number of halogens is 2. The number of nitrogens with one attached hydrogen (secondary N) is 2. The number of amides is 1. The van der Waals surface area contributed by atoms with E-state index in [4.69, 9.17) is 23.2 Å². The lowest BCUT2D eigenvalue weighted by atomic mass is 10.2. The zero-order chi connectivity index (χ0) is 18.4. The zero-order valence-corrected chi connectivity index (χ0v) is 16.0. The molecular formula is C19H21Cl2N3O. The zero-order valence-electron chi connectivity index (χ0n) is 14.5. The minimum absolute atomic E-state index is 0.000682. The quantitative estimate of drug-likeness (QED) is 0.560. The summed E-state index contributed by atoms with van der Waals surface area (Å²) in [7, 11) is 0. The van der Waals surface area contributed by atoms with Gasteiger partial charge in [0, 0.05) is 12.1 Å². The molecule has 0 bridgehead atoms. The molecule has 3 rings (SSSR count). The predicted molar refractivity (Wildman–Crippen MR) is 106 cm³/mol. The summed E-state index contributed by atoms with van der Waals surface area (Å²) < 4.78 is 0. The first-order valence-electron chi connectivity index (χ1n) is 8.32. The van der Waals surface area contributed by atoms with E-state index < -0.39 is 0 Å². The number of aromatic amines is 1. The molecular weight excluding hydrogens is 357 g/mol. The summed E-state index contributed by atoms with van der Waals surface area (Å²) in [4.78, 5) is 19.4. The van der Waals surface area contributed by atoms with Crippen molar-refractivity contribution in [2.45, 2.75) is 33.6 Å². The van der Waals surface area contributed by atoms with Gasteiger partial charge in [-0.25, -0.2) is 4.98 Å². The third-order valence-corrected chi connectivity index (χ3v) is 4.07. The average Bonchev–Trinajstić information content (AvgIpc) is 2.99. The molecule has 1 aromatic heterocycles. The van der Waals surface area contributed by atoms with E-state index in [2.05, 4.69) is 15.3 Å². The van der Waals surface area contributed by atoms with Gasteiger partial charge in [-0.15, -0.1) is 0 Å². The first-order valence-corrected chi connectivity index (χ1v) is 9.08. The van der Waals surface area contributed by atoms with E-state index in [0.29, 0.717) is 27.9 Å². The lowest BCUT2D eigenvalue weighted by molar-refractivity contribution is -0.116. The fourth-order valence-electron chi connectivity index (χ4n) is 2.38. The Kier molecular flexibility index (Phi) is 6.85. The molecule has 0 aliphatic carbocycles. The number of benzene rings is 2. The van der Waals surface area contributed by atoms with Gasteiger partial charge in [0.15, 0.2) is 0 Å². The lowest BCUT2D eigenvalue weighted by Gasteiger charge is -2.03. The minimum atomic E-state index is 0.000682. The Morgan fingerprint density at radius 1 is 1.16 bits per heavy atom. The monoisotopic (exact) mass is 377 g/mol. The molecule has 0 radical (unpaired) electrons. The molecule has 0 aliphatic heterocycles. The highest BCUT2D eigenvalue weighted by atomic mass is 35.5. The van der Waals surface area contributed by atoms with Crippen LogP contribution in [0.15, 0.2) is 36.4 Å². The van der Waals surface area contributed by atoms with Crippen LogP contribution in [0.1, 0.15) is 33.6 Å². The van der Waals surface area contributed by atoms with Gasteiger partial charge in [-0.3, -0.25) is 4.79 Å². The largest absolute Gasteiger partial charge is 0.338 e. The highest BCUT2D eigenvalue weighted by Crippen LogP contribution is 2.34. The van der Waals surface area contributed by atoms with Crippen molar-refractivity contribution in [3.05, 3.63) is 46.4 Å². The Labute approximate surface area is 157 Å². The van der Waals surface area contributed by atoms with Crippen LogP contribution in [0.5, 0.6) is 0 Å². The summed E-state index contributed by atoms with van der Waals surface area (Å²) >= 11 is 12.5. The molecule has 1 amide bonds. The van der Waals surface area contributed by atoms with Gasteiger partial charge in [0.2, 0.25) is 5.91 Å². The van der Waals surface area contributed by atoms with Crippen LogP contribution in [0, 0.1) is 0 Å². The number of hydrogen-bond donors (Lipinski definition) is 2. The van der Waals surface area contributed by atoms with E-state index in [9.17, 15) is 4.79 Å². The van der Waals surface area contributed by atoms with Crippen molar-refractivity contribution in [2.24, 2.45) is 0 Å². The van der Waals surface area contributed by atoms with Gasteiger partial charge in [-0.05, 0) is 36.8 Å². The number of carbonyl (C=O) groups excluding carboxylic acids is 1. The van der Waals surface area contributed by atoms with Crippen molar-refractivity contribution >= 4 is 45.8 Å². The number of anilines is 1. The summed E-state index contributed by atoms with van der Waals surface area (Å²) in [6.07, 6.45) is 1.31. The number of carbonyl (C=O) groups is 1. The number of fused-ring (bicyclic) bond motifs is 1. The SMILES string of the molecule is CC.CCCC(=O)Nc1ccc2nc(-c3c(Cl)cccc3Cl)[nH]c2c1.